The quantitative estimate of drug-likeness (QED) is 0.779. The second-order valence-electron chi connectivity index (χ2n) is 5.09. The zero-order valence-corrected chi connectivity index (χ0v) is 10.3. The first-order valence-corrected chi connectivity index (χ1v) is 5.87. The van der Waals surface area contributed by atoms with Gasteiger partial charge in [-0.3, -0.25) is 9.89 Å². The van der Waals surface area contributed by atoms with Crippen LogP contribution in [0.15, 0.2) is 6.33 Å². The third-order valence-electron chi connectivity index (χ3n) is 3.52. The number of H-pyrrole nitrogens is 1. The third-order valence-corrected chi connectivity index (χ3v) is 3.52. The Hall–Kier alpha value is -1.43. The number of carbonyl (C=O) groups excluding carboxylic acids is 1. The lowest BCUT2D eigenvalue weighted by molar-refractivity contribution is -0.148. The molecule has 1 aromatic rings. The Morgan fingerprint density at radius 3 is 2.88 bits per heavy atom. The van der Waals surface area contributed by atoms with E-state index in [-0.39, 0.29) is 11.3 Å². The van der Waals surface area contributed by atoms with E-state index in [4.69, 9.17) is 5.73 Å². The van der Waals surface area contributed by atoms with Crippen LogP contribution >= 0.6 is 0 Å². The third kappa shape index (κ3) is 2.17. The molecule has 2 rings (SSSR count). The topological polar surface area (TPSA) is 87.9 Å². The Bertz CT molecular complexity index is 383. The fraction of sp³-hybridized carbons (Fsp3) is 0.727. The van der Waals surface area contributed by atoms with Gasteiger partial charge in [-0.15, -0.1) is 0 Å². The van der Waals surface area contributed by atoms with E-state index in [1.54, 1.807) is 11.9 Å². The number of hydrogen-bond acceptors (Lipinski definition) is 4. The fourth-order valence-electron chi connectivity index (χ4n) is 2.71. The molecule has 0 atom stereocenters. The van der Waals surface area contributed by atoms with Crippen molar-refractivity contribution in [3.63, 3.8) is 0 Å². The molecule has 0 bridgehead atoms. The van der Waals surface area contributed by atoms with E-state index in [2.05, 4.69) is 22.1 Å². The Kier molecular flexibility index (Phi) is 3.15. The minimum absolute atomic E-state index is 0.120. The number of hydrogen-bond donors (Lipinski definition) is 2. The molecule has 0 saturated heterocycles. The van der Waals surface area contributed by atoms with E-state index in [9.17, 15) is 4.79 Å². The molecule has 6 nitrogen and oxygen atoms in total. The predicted octanol–water partition coefficient (Wildman–Crippen LogP) is 0.138. The summed E-state index contributed by atoms with van der Waals surface area (Å²) < 4.78 is 0. The molecule has 1 heterocycles. The van der Waals surface area contributed by atoms with Crippen LogP contribution in [0.4, 0.5) is 0 Å². The maximum atomic E-state index is 12.3. The smallest absolute Gasteiger partial charge is 0.230 e. The second-order valence-corrected chi connectivity index (χ2v) is 5.09. The standard InChI is InChI=1S/C11H19N5O/c1-8-3-11(4-8,6-12)10(17)16(2)5-9-13-7-14-15-9/h7-8H,3-6,12H2,1-2H3,(H,13,14,15). The molecular formula is C11H19N5O. The van der Waals surface area contributed by atoms with Crippen LogP contribution < -0.4 is 5.73 Å². The summed E-state index contributed by atoms with van der Waals surface area (Å²) >= 11 is 0. The number of aromatic amines is 1. The van der Waals surface area contributed by atoms with Crippen molar-refractivity contribution in [1.29, 1.82) is 0 Å². The zero-order chi connectivity index (χ0) is 12.5. The van der Waals surface area contributed by atoms with Crippen molar-refractivity contribution in [3.8, 4) is 0 Å². The molecular weight excluding hydrogens is 218 g/mol. The maximum absolute atomic E-state index is 12.3. The van der Waals surface area contributed by atoms with Gasteiger partial charge < -0.3 is 10.6 Å². The molecule has 1 aliphatic rings. The molecule has 1 amide bonds. The van der Waals surface area contributed by atoms with Gasteiger partial charge in [-0.2, -0.15) is 5.10 Å². The monoisotopic (exact) mass is 237 g/mol. The van der Waals surface area contributed by atoms with Gasteiger partial charge in [-0.25, -0.2) is 4.98 Å². The van der Waals surface area contributed by atoms with Crippen LogP contribution in [-0.2, 0) is 11.3 Å². The van der Waals surface area contributed by atoms with E-state index in [0.717, 1.165) is 12.8 Å². The predicted molar refractivity (Wildman–Crippen MR) is 62.7 cm³/mol. The normalized spacial score (nSPS) is 27.6. The summed E-state index contributed by atoms with van der Waals surface area (Å²) in [6.45, 7) is 3.03. The van der Waals surface area contributed by atoms with Crippen LogP contribution in [-0.4, -0.2) is 39.6 Å². The largest absolute Gasteiger partial charge is 0.338 e. The molecule has 94 valence electrons. The van der Waals surface area contributed by atoms with Gasteiger partial charge in [0, 0.05) is 13.6 Å². The first-order chi connectivity index (χ1) is 8.07. The molecule has 6 heteroatoms. The Labute approximate surface area is 101 Å². The minimum Gasteiger partial charge on any atom is -0.338 e. The molecule has 0 spiro atoms. The Morgan fingerprint density at radius 2 is 2.41 bits per heavy atom. The summed E-state index contributed by atoms with van der Waals surface area (Å²) in [7, 11) is 1.78. The molecule has 0 radical (unpaired) electrons. The summed E-state index contributed by atoms with van der Waals surface area (Å²) in [5.41, 5.74) is 5.42. The molecule has 1 aromatic heterocycles. The van der Waals surface area contributed by atoms with Crippen LogP contribution in [0.25, 0.3) is 0 Å². The number of nitrogens with two attached hydrogens (primary N) is 1. The Morgan fingerprint density at radius 1 is 1.71 bits per heavy atom. The molecule has 17 heavy (non-hydrogen) atoms. The van der Waals surface area contributed by atoms with Gasteiger partial charge in [0.1, 0.15) is 12.2 Å². The van der Waals surface area contributed by atoms with E-state index < -0.39 is 0 Å². The molecule has 1 aliphatic carbocycles. The van der Waals surface area contributed by atoms with Crippen molar-refractivity contribution < 1.29 is 4.79 Å². The van der Waals surface area contributed by atoms with Gasteiger partial charge >= 0.3 is 0 Å². The number of amides is 1. The van der Waals surface area contributed by atoms with E-state index in [1.807, 2.05) is 0 Å². The molecule has 1 fully saturated rings. The van der Waals surface area contributed by atoms with Crippen molar-refractivity contribution in [1.82, 2.24) is 20.1 Å². The van der Waals surface area contributed by atoms with Crippen LogP contribution in [0.2, 0.25) is 0 Å². The zero-order valence-electron chi connectivity index (χ0n) is 10.3. The highest BCUT2D eigenvalue weighted by molar-refractivity contribution is 5.83. The lowest BCUT2D eigenvalue weighted by Gasteiger charge is -2.46. The average Bonchev–Trinajstić information content (AvgIpc) is 2.76. The van der Waals surface area contributed by atoms with Gasteiger partial charge in [0.2, 0.25) is 5.91 Å². The van der Waals surface area contributed by atoms with Crippen LogP contribution in [0.1, 0.15) is 25.6 Å². The first kappa shape index (κ1) is 12.0. The van der Waals surface area contributed by atoms with E-state index >= 15 is 0 Å². The number of rotatable bonds is 4. The lowest BCUT2D eigenvalue weighted by Crippen LogP contribution is -2.53. The highest BCUT2D eigenvalue weighted by atomic mass is 16.2. The highest BCUT2D eigenvalue weighted by Gasteiger charge is 2.48. The van der Waals surface area contributed by atoms with Crippen molar-refractivity contribution in [2.24, 2.45) is 17.1 Å². The van der Waals surface area contributed by atoms with Crippen LogP contribution in [0.3, 0.4) is 0 Å². The molecule has 0 unspecified atom stereocenters. The number of nitrogens with zero attached hydrogens (tertiary/aromatic N) is 3. The Balaban J connectivity index is 1.99. The second kappa shape index (κ2) is 4.44. The summed E-state index contributed by atoms with van der Waals surface area (Å²) in [5, 5.41) is 6.52. The summed E-state index contributed by atoms with van der Waals surface area (Å²) in [6, 6.07) is 0. The van der Waals surface area contributed by atoms with Gasteiger partial charge in [0.05, 0.1) is 12.0 Å². The number of aromatic nitrogens is 3. The van der Waals surface area contributed by atoms with Crippen molar-refractivity contribution in [3.05, 3.63) is 12.2 Å². The van der Waals surface area contributed by atoms with E-state index in [1.165, 1.54) is 6.33 Å². The molecule has 0 aliphatic heterocycles. The fourth-order valence-corrected chi connectivity index (χ4v) is 2.71. The number of nitrogens with one attached hydrogen (secondary N) is 1. The first-order valence-electron chi connectivity index (χ1n) is 5.87. The maximum Gasteiger partial charge on any atom is 0.230 e. The summed E-state index contributed by atoms with van der Waals surface area (Å²) in [4.78, 5) is 18.0. The average molecular weight is 237 g/mol. The summed E-state index contributed by atoms with van der Waals surface area (Å²) in [5.74, 6) is 1.41. The highest BCUT2D eigenvalue weighted by Crippen LogP contribution is 2.45. The van der Waals surface area contributed by atoms with Crippen molar-refractivity contribution in [2.45, 2.75) is 26.3 Å². The molecule has 3 N–H and O–H groups in total. The molecule has 1 saturated carbocycles. The van der Waals surface area contributed by atoms with Gasteiger partial charge in [0.15, 0.2) is 0 Å². The van der Waals surface area contributed by atoms with E-state index in [0.29, 0.717) is 24.8 Å². The molecule has 0 aromatic carbocycles. The SMILES string of the molecule is CC1CC(CN)(C(=O)N(C)Cc2ncn[nH]2)C1. The van der Waals surface area contributed by atoms with Crippen molar-refractivity contribution in [2.75, 3.05) is 13.6 Å². The van der Waals surface area contributed by atoms with Crippen LogP contribution in [0.5, 0.6) is 0 Å². The van der Waals surface area contributed by atoms with Gasteiger partial charge in [0.25, 0.3) is 0 Å². The minimum atomic E-state index is -0.339. The van der Waals surface area contributed by atoms with Gasteiger partial charge in [-0.05, 0) is 18.8 Å². The van der Waals surface area contributed by atoms with Crippen molar-refractivity contribution >= 4 is 5.91 Å². The number of carbonyl (C=O) groups is 1. The van der Waals surface area contributed by atoms with Gasteiger partial charge in [-0.1, -0.05) is 6.92 Å². The van der Waals surface area contributed by atoms with Crippen LogP contribution in [0, 0.1) is 11.3 Å². The summed E-state index contributed by atoms with van der Waals surface area (Å²) in [6.07, 6.45) is 3.23. The lowest BCUT2D eigenvalue weighted by atomic mass is 9.62.